The first kappa shape index (κ1) is 36.7. The van der Waals surface area contributed by atoms with Crippen molar-refractivity contribution in [3.8, 4) is 67.4 Å². The zero-order chi connectivity index (χ0) is 42.2. The summed E-state index contributed by atoms with van der Waals surface area (Å²) >= 11 is 1.88. The van der Waals surface area contributed by atoms with Crippen LogP contribution in [0.1, 0.15) is 22.3 Å². The second kappa shape index (κ2) is 14.6. The van der Waals surface area contributed by atoms with Crippen LogP contribution in [0.2, 0.25) is 0 Å². The normalized spacial score (nSPS) is 13.1. The summed E-state index contributed by atoms with van der Waals surface area (Å²) in [4.78, 5) is 18.3. The first-order valence-corrected chi connectivity index (χ1v) is 22.6. The van der Waals surface area contributed by atoms with Crippen LogP contribution in [0, 0.1) is 0 Å². The van der Waals surface area contributed by atoms with Crippen LogP contribution in [0.15, 0.2) is 234 Å². The van der Waals surface area contributed by atoms with Crippen LogP contribution in [0.4, 0.5) is 0 Å². The third kappa shape index (κ3) is 5.59. The monoisotopic (exact) mass is 831 g/mol. The van der Waals surface area contributed by atoms with Crippen molar-refractivity contribution in [1.82, 2.24) is 15.0 Å². The Hall–Kier alpha value is -7.92. The second-order valence-electron chi connectivity index (χ2n) is 16.6. The van der Waals surface area contributed by atoms with Gasteiger partial charge in [0.1, 0.15) is 0 Å². The zero-order valence-corrected chi connectivity index (χ0v) is 35.4. The maximum Gasteiger partial charge on any atom is 0.160 e. The van der Waals surface area contributed by atoms with Crippen LogP contribution in [0.25, 0.3) is 89.1 Å². The molecule has 1 aliphatic heterocycles. The average molecular weight is 832 g/mol. The van der Waals surface area contributed by atoms with Crippen molar-refractivity contribution in [2.24, 2.45) is 0 Å². The molecule has 0 bridgehead atoms. The molecule has 11 aromatic rings. The van der Waals surface area contributed by atoms with Crippen molar-refractivity contribution >= 4 is 33.4 Å². The summed E-state index contributed by atoms with van der Waals surface area (Å²) in [6, 6.07) is 80.8. The van der Waals surface area contributed by atoms with Gasteiger partial charge in [-0.25, -0.2) is 15.0 Å². The van der Waals surface area contributed by atoms with Gasteiger partial charge in [-0.1, -0.05) is 200 Å². The number of aromatic nitrogens is 3. The first-order chi connectivity index (χ1) is 31.7. The fourth-order valence-corrected chi connectivity index (χ4v) is 11.6. The predicted molar refractivity (Wildman–Crippen MR) is 263 cm³/mol. The van der Waals surface area contributed by atoms with E-state index in [9.17, 15) is 0 Å². The smallest absolute Gasteiger partial charge is 0.160 e. The highest BCUT2D eigenvalue weighted by Crippen LogP contribution is 2.63. The summed E-state index contributed by atoms with van der Waals surface area (Å²) < 4.78 is 0. The Balaban J connectivity index is 0.994. The zero-order valence-electron chi connectivity index (χ0n) is 34.6. The van der Waals surface area contributed by atoms with E-state index in [1.165, 1.54) is 48.6 Å². The second-order valence-corrected chi connectivity index (χ2v) is 17.7. The number of benzene rings is 9. The molecule has 4 heteroatoms. The Morgan fingerprint density at radius 1 is 0.344 bits per heavy atom. The SMILES string of the molecule is c1ccc(-c2cc(-c3cccc(-c4cccc(-c5nc6ccccc6c6c7c(ccc56)C5(c6ccccc6Sc6ccccc65)c5ccccc5-7)c4)c3)nc(-c3ccccc3)n2)cc1. The summed E-state index contributed by atoms with van der Waals surface area (Å²) in [5.41, 5.74) is 17.5. The van der Waals surface area contributed by atoms with E-state index >= 15 is 0 Å². The average Bonchev–Trinajstić information content (AvgIpc) is 3.67. The highest BCUT2D eigenvalue weighted by Gasteiger charge is 2.50. The number of rotatable bonds is 5. The molecule has 0 unspecified atom stereocenters. The molecule has 0 N–H and O–H groups in total. The quantitative estimate of drug-likeness (QED) is 0.162. The molecule has 9 aromatic carbocycles. The molecule has 298 valence electrons. The summed E-state index contributed by atoms with van der Waals surface area (Å²) in [5.74, 6) is 0.703. The molecule has 0 atom stereocenters. The molecular formula is C60H37N3S. The standard InChI is InChI=1S/C60H37N3S/c1-3-17-38(18-4-1)52-37-53(63-59(62-52)39-19-5-2-6-20-39)42-23-15-21-40(35-42)41-22-16-24-43(36-41)58-46-33-34-50-57(56(46)45-26-8-12-30-51(45)61-58)44-25-7-9-27-47(44)60(50)48-28-10-13-31-54(48)64-55-32-14-11-29-49(55)60/h1-37H. The van der Waals surface area contributed by atoms with Gasteiger partial charge in [0.15, 0.2) is 5.82 Å². The number of fused-ring (bicyclic) bond motifs is 13. The lowest BCUT2D eigenvalue weighted by atomic mass is 9.67. The number of pyridine rings is 1. The molecular weight excluding hydrogens is 795 g/mol. The number of para-hydroxylation sites is 1. The molecule has 2 aliphatic rings. The molecule has 3 nitrogen and oxygen atoms in total. The van der Waals surface area contributed by atoms with Gasteiger partial charge in [0.25, 0.3) is 0 Å². The molecule has 0 fully saturated rings. The Kier molecular flexibility index (Phi) is 8.37. The van der Waals surface area contributed by atoms with E-state index in [1.54, 1.807) is 0 Å². The van der Waals surface area contributed by atoms with Crippen molar-refractivity contribution in [3.05, 3.63) is 247 Å². The third-order valence-corrected chi connectivity index (χ3v) is 14.3. The van der Waals surface area contributed by atoms with Crippen LogP contribution in [0.5, 0.6) is 0 Å². The lowest BCUT2D eigenvalue weighted by Gasteiger charge is -2.39. The molecule has 0 amide bonds. The Morgan fingerprint density at radius 3 is 1.62 bits per heavy atom. The maximum absolute atomic E-state index is 5.49. The topological polar surface area (TPSA) is 38.7 Å². The fraction of sp³-hybridized carbons (Fsp3) is 0.0167. The molecule has 0 radical (unpaired) electrons. The van der Waals surface area contributed by atoms with Gasteiger partial charge in [0, 0.05) is 48.2 Å². The van der Waals surface area contributed by atoms with Gasteiger partial charge in [0.05, 0.1) is 28.0 Å². The van der Waals surface area contributed by atoms with Crippen molar-refractivity contribution < 1.29 is 0 Å². The number of hydrogen-bond acceptors (Lipinski definition) is 4. The van der Waals surface area contributed by atoms with E-state index in [0.29, 0.717) is 5.82 Å². The highest BCUT2D eigenvalue weighted by atomic mass is 32.2. The van der Waals surface area contributed by atoms with Crippen LogP contribution < -0.4 is 0 Å². The van der Waals surface area contributed by atoms with Gasteiger partial charge < -0.3 is 0 Å². The van der Waals surface area contributed by atoms with E-state index in [0.717, 1.165) is 66.8 Å². The minimum Gasteiger partial charge on any atom is -0.247 e. The molecule has 13 rings (SSSR count). The Morgan fingerprint density at radius 2 is 0.891 bits per heavy atom. The van der Waals surface area contributed by atoms with Crippen LogP contribution in [0.3, 0.4) is 0 Å². The predicted octanol–water partition coefficient (Wildman–Crippen LogP) is 15.3. The Labute approximate surface area is 375 Å². The molecule has 3 heterocycles. The lowest BCUT2D eigenvalue weighted by Crippen LogP contribution is -2.31. The summed E-state index contributed by atoms with van der Waals surface area (Å²) in [5, 5.41) is 3.55. The van der Waals surface area contributed by atoms with E-state index in [1.807, 2.05) is 36.0 Å². The van der Waals surface area contributed by atoms with Gasteiger partial charge in [-0.05, 0) is 80.9 Å². The molecule has 1 spiro atoms. The molecule has 2 aromatic heterocycles. The van der Waals surface area contributed by atoms with Crippen molar-refractivity contribution in [2.45, 2.75) is 15.2 Å². The third-order valence-electron chi connectivity index (χ3n) is 13.1. The van der Waals surface area contributed by atoms with Gasteiger partial charge in [0.2, 0.25) is 0 Å². The van der Waals surface area contributed by atoms with E-state index in [-0.39, 0.29) is 0 Å². The van der Waals surface area contributed by atoms with E-state index < -0.39 is 5.41 Å². The van der Waals surface area contributed by atoms with Gasteiger partial charge in [-0.15, -0.1) is 0 Å². The van der Waals surface area contributed by atoms with Crippen molar-refractivity contribution in [3.63, 3.8) is 0 Å². The van der Waals surface area contributed by atoms with Gasteiger partial charge >= 0.3 is 0 Å². The summed E-state index contributed by atoms with van der Waals surface area (Å²) in [6.45, 7) is 0. The minimum absolute atomic E-state index is 0.457. The van der Waals surface area contributed by atoms with Crippen LogP contribution >= 0.6 is 11.8 Å². The fourth-order valence-electron chi connectivity index (χ4n) is 10.4. The molecule has 1 aliphatic carbocycles. The highest BCUT2D eigenvalue weighted by molar-refractivity contribution is 7.99. The van der Waals surface area contributed by atoms with Crippen molar-refractivity contribution in [1.29, 1.82) is 0 Å². The van der Waals surface area contributed by atoms with Crippen molar-refractivity contribution in [2.75, 3.05) is 0 Å². The number of nitrogens with zero attached hydrogens (tertiary/aromatic N) is 3. The molecule has 64 heavy (non-hydrogen) atoms. The molecule has 0 saturated carbocycles. The lowest BCUT2D eigenvalue weighted by molar-refractivity contribution is 0.723. The Bertz CT molecular complexity index is 3550. The minimum atomic E-state index is -0.457. The van der Waals surface area contributed by atoms with E-state index in [2.05, 4.69) is 200 Å². The summed E-state index contributed by atoms with van der Waals surface area (Å²) in [7, 11) is 0. The molecule has 0 saturated heterocycles. The largest absolute Gasteiger partial charge is 0.247 e. The maximum atomic E-state index is 5.49. The first-order valence-electron chi connectivity index (χ1n) is 21.8. The van der Waals surface area contributed by atoms with Gasteiger partial charge in [-0.2, -0.15) is 0 Å². The summed E-state index contributed by atoms with van der Waals surface area (Å²) in [6.07, 6.45) is 0. The van der Waals surface area contributed by atoms with E-state index in [4.69, 9.17) is 15.0 Å². The number of hydrogen-bond donors (Lipinski definition) is 0. The van der Waals surface area contributed by atoms with Crippen LogP contribution in [-0.2, 0) is 5.41 Å². The van der Waals surface area contributed by atoms with Crippen LogP contribution in [-0.4, -0.2) is 15.0 Å². The van der Waals surface area contributed by atoms with Gasteiger partial charge in [-0.3, -0.25) is 0 Å².